The van der Waals surface area contributed by atoms with Crippen LogP contribution in [-0.4, -0.2) is 11.7 Å². The van der Waals surface area contributed by atoms with Gasteiger partial charge in [-0.05, 0) is 30.7 Å². The zero-order chi connectivity index (χ0) is 10.1. The Bertz CT molecular complexity index is 312. The number of aliphatic hydroxyl groups excluding tert-OH is 1. The third kappa shape index (κ3) is 1.96. The van der Waals surface area contributed by atoms with E-state index >= 15 is 0 Å². The van der Waals surface area contributed by atoms with Crippen LogP contribution >= 0.6 is 0 Å². The summed E-state index contributed by atoms with van der Waals surface area (Å²) in [5.41, 5.74) is 11.1. The van der Waals surface area contributed by atoms with Crippen molar-refractivity contribution in [2.45, 2.75) is 12.5 Å². The maximum absolute atomic E-state index is 12.8. The van der Waals surface area contributed by atoms with Crippen LogP contribution in [0.3, 0.4) is 0 Å². The average molecular weight is 184 g/mol. The Morgan fingerprint density at radius 2 is 2.15 bits per heavy atom. The molecule has 5 N–H and O–H groups in total. The highest BCUT2D eigenvalue weighted by molar-refractivity contribution is 5.50. The molecular formula is C9H13FN2O. The van der Waals surface area contributed by atoms with Crippen molar-refractivity contribution < 1.29 is 9.50 Å². The van der Waals surface area contributed by atoms with Crippen molar-refractivity contribution in [3.05, 3.63) is 29.6 Å². The zero-order valence-electron chi connectivity index (χ0n) is 7.42. The van der Waals surface area contributed by atoms with Gasteiger partial charge in [0.15, 0.2) is 0 Å². The first kappa shape index (κ1) is 9.95. The lowest BCUT2D eigenvalue weighted by Gasteiger charge is -2.23. The van der Waals surface area contributed by atoms with Gasteiger partial charge in [-0.15, -0.1) is 0 Å². The Morgan fingerprint density at radius 3 is 2.69 bits per heavy atom. The Hall–Kier alpha value is -1.13. The molecule has 0 aliphatic heterocycles. The summed E-state index contributed by atoms with van der Waals surface area (Å²) in [5.74, 6) is -0.408. The molecule has 0 saturated heterocycles. The number of benzene rings is 1. The number of rotatable bonds is 2. The second-order valence-electron chi connectivity index (χ2n) is 3.31. The van der Waals surface area contributed by atoms with E-state index in [2.05, 4.69) is 0 Å². The summed E-state index contributed by atoms with van der Waals surface area (Å²) in [6.45, 7) is 1.32. The molecule has 0 spiro atoms. The largest absolute Gasteiger partial charge is 0.398 e. The molecule has 1 aromatic carbocycles. The van der Waals surface area contributed by atoms with E-state index in [-0.39, 0.29) is 6.61 Å². The number of hydrogen-bond acceptors (Lipinski definition) is 3. The molecule has 72 valence electrons. The average Bonchev–Trinajstić information content (AvgIpc) is 2.09. The van der Waals surface area contributed by atoms with E-state index in [9.17, 15) is 4.39 Å². The number of aliphatic hydroxyl groups is 1. The standard InChI is InChI=1S/C9H13FN2O/c1-9(12,5-13)7-4-6(10)2-3-8(7)11/h2-4,13H,5,11-12H2,1H3/t9-/m0/s1. The molecule has 0 aliphatic rings. The molecule has 4 heteroatoms. The zero-order valence-corrected chi connectivity index (χ0v) is 7.42. The Balaban J connectivity index is 3.20. The molecule has 0 radical (unpaired) electrons. The molecule has 1 atom stereocenters. The summed E-state index contributed by atoms with van der Waals surface area (Å²) in [6, 6.07) is 3.93. The highest BCUT2D eigenvalue weighted by Gasteiger charge is 2.22. The fraction of sp³-hybridized carbons (Fsp3) is 0.333. The molecule has 0 heterocycles. The van der Waals surface area contributed by atoms with Crippen LogP contribution in [0, 0.1) is 5.82 Å². The molecule has 0 amide bonds. The van der Waals surface area contributed by atoms with Gasteiger partial charge in [0.1, 0.15) is 5.82 Å². The van der Waals surface area contributed by atoms with Gasteiger partial charge in [-0.3, -0.25) is 0 Å². The van der Waals surface area contributed by atoms with Crippen LogP contribution in [-0.2, 0) is 5.54 Å². The lowest BCUT2D eigenvalue weighted by atomic mass is 9.92. The van der Waals surface area contributed by atoms with Gasteiger partial charge in [-0.25, -0.2) is 4.39 Å². The smallest absolute Gasteiger partial charge is 0.123 e. The van der Waals surface area contributed by atoms with Crippen LogP contribution in [0.4, 0.5) is 10.1 Å². The molecule has 0 bridgehead atoms. The van der Waals surface area contributed by atoms with Crippen LogP contribution in [0.25, 0.3) is 0 Å². The van der Waals surface area contributed by atoms with E-state index in [1.165, 1.54) is 18.2 Å². The van der Waals surface area contributed by atoms with E-state index in [1.54, 1.807) is 6.92 Å². The number of hydrogen-bond donors (Lipinski definition) is 3. The first-order chi connectivity index (χ1) is 5.97. The Kier molecular flexibility index (Phi) is 2.54. The third-order valence-electron chi connectivity index (χ3n) is 1.96. The lowest BCUT2D eigenvalue weighted by Crippen LogP contribution is -2.37. The highest BCUT2D eigenvalue weighted by atomic mass is 19.1. The van der Waals surface area contributed by atoms with Gasteiger partial charge in [0.25, 0.3) is 0 Å². The molecule has 1 rings (SSSR count). The van der Waals surface area contributed by atoms with Crippen LogP contribution < -0.4 is 11.5 Å². The molecule has 0 aromatic heterocycles. The maximum atomic E-state index is 12.8. The molecule has 0 saturated carbocycles. The molecule has 3 nitrogen and oxygen atoms in total. The SMILES string of the molecule is C[C@](N)(CO)c1cc(F)ccc1N. The predicted octanol–water partition coefficient (Wildman–Crippen LogP) is 0.574. The maximum Gasteiger partial charge on any atom is 0.123 e. The van der Waals surface area contributed by atoms with Crippen molar-refractivity contribution in [3.63, 3.8) is 0 Å². The number of anilines is 1. The van der Waals surface area contributed by atoms with Gasteiger partial charge < -0.3 is 16.6 Å². The second-order valence-corrected chi connectivity index (χ2v) is 3.31. The van der Waals surface area contributed by atoms with E-state index in [1.807, 2.05) is 0 Å². The third-order valence-corrected chi connectivity index (χ3v) is 1.96. The minimum Gasteiger partial charge on any atom is -0.398 e. The summed E-state index contributed by atoms with van der Waals surface area (Å²) >= 11 is 0. The molecular weight excluding hydrogens is 171 g/mol. The number of nitrogens with two attached hydrogens (primary N) is 2. The van der Waals surface area contributed by atoms with Gasteiger partial charge in [-0.2, -0.15) is 0 Å². The summed E-state index contributed by atoms with van der Waals surface area (Å²) in [4.78, 5) is 0. The molecule has 0 aliphatic carbocycles. The van der Waals surface area contributed by atoms with Crippen molar-refractivity contribution in [2.75, 3.05) is 12.3 Å². The quantitative estimate of drug-likeness (QED) is 0.588. The molecule has 0 fully saturated rings. The molecule has 1 aromatic rings. The van der Waals surface area contributed by atoms with Crippen molar-refractivity contribution in [1.29, 1.82) is 0 Å². The van der Waals surface area contributed by atoms with Crippen molar-refractivity contribution in [2.24, 2.45) is 5.73 Å². The summed E-state index contributed by atoms with van der Waals surface area (Å²) in [7, 11) is 0. The molecule has 13 heavy (non-hydrogen) atoms. The number of halogens is 1. The second kappa shape index (κ2) is 3.32. The van der Waals surface area contributed by atoms with Gasteiger partial charge in [0, 0.05) is 5.69 Å². The van der Waals surface area contributed by atoms with Gasteiger partial charge >= 0.3 is 0 Å². The van der Waals surface area contributed by atoms with Crippen LogP contribution in [0.5, 0.6) is 0 Å². The Labute approximate surface area is 76.2 Å². The van der Waals surface area contributed by atoms with E-state index in [0.29, 0.717) is 11.3 Å². The minimum atomic E-state index is -0.994. The van der Waals surface area contributed by atoms with E-state index in [0.717, 1.165) is 0 Å². The van der Waals surface area contributed by atoms with E-state index < -0.39 is 11.4 Å². The molecule has 0 unspecified atom stereocenters. The minimum absolute atomic E-state index is 0.277. The topological polar surface area (TPSA) is 72.3 Å². The van der Waals surface area contributed by atoms with E-state index in [4.69, 9.17) is 16.6 Å². The summed E-state index contributed by atoms with van der Waals surface area (Å²) < 4.78 is 12.8. The van der Waals surface area contributed by atoms with Gasteiger partial charge in [0.2, 0.25) is 0 Å². The normalized spacial score (nSPS) is 15.4. The van der Waals surface area contributed by atoms with Crippen molar-refractivity contribution in [3.8, 4) is 0 Å². The van der Waals surface area contributed by atoms with Gasteiger partial charge in [0.05, 0.1) is 12.1 Å². The fourth-order valence-electron chi connectivity index (χ4n) is 1.11. The first-order valence-corrected chi connectivity index (χ1v) is 3.92. The first-order valence-electron chi connectivity index (χ1n) is 3.92. The predicted molar refractivity (Wildman–Crippen MR) is 49.4 cm³/mol. The number of nitrogen functional groups attached to an aromatic ring is 1. The fourth-order valence-corrected chi connectivity index (χ4v) is 1.11. The Morgan fingerprint density at radius 1 is 1.54 bits per heavy atom. The van der Waals surface area contributed by atoms with Crippen molar-refractivity contribution >= 4 is 5.69 Å². The monoisotopic (exact) mass is 184 g/mol. The summed E-state index contributed by atoms with van der Waals surface area (Å²) in [5, 5.41) is 8.96. The van der Waals surface area contributed by atoms with Gasteiger partial charge in [-0.1, -0.05) is 0 Å². The summed E-state index contributed by atoms with van der Waals surface area (Å²) in [6.07, 6.45) is 0. The lowest BCUT2D eigenvalue weighted by molar-refractivity contribution is 0.210. The van der Waals surface area contributed by atoms with Crippen LogP contribution in [0.2, 0.25) is 0 Å². The van der Waals surface area contributed by atoms with Crippen LogP contribution in [0.1, 0.15) is 12.5 Å². The van der Waals surface area contributed by atoms with Crippen LogP contribution in [0.15, 0.2) is 18.2 Å². The highest BCUT2D eigenvalue weighted by Crippen LogP contribution is 2.24. The van der Waals surface area contributed by atoms with Crippen molar-refractivity contribution in [1.82, 2.24) is 0 Å².